The Morgan fingerprint density at radius 3 is 2.46 bits per heavy atom. The lowest BCUT2D eigenvalue weighted by Gasteiger charge is -2.19. The molecule has 5 nitrogen and oxygen atoms in total. The third kappa shape index (κ3) is 3.79. The lowest BCUT2D eigenvalue weighted by molar-refractivity contribution is 0.0764. The van der Waals surface area contributed by atoms with Gasteiger partial charge in [-0.25, -0.2) is 4.68 Å². The summed E-state index contributed by atoms with van der Waals surface area (Å²) in [4.78, 5) is 15.0. The van der Waals surface area contributed by atoms with Crippen molar-refractivity contribution in [3.63, 3.8) is 0 Å². The molecule has 5 heteroatoms. The van der Waals surface area contributed by atoms with Crippen LogP contribution in [0.25, 0.3) is 16.9 Å². The summed E-state index contributed by atoms with van der Waals surface area (Å²) in [5, 5.41) is 4.80. The van der Waals surface area contributed by atoms with Gasteiger partial charge in [0, 0.05) is 18.7 Å². The van der Waals surface area contributed by atoms with Crippen LogP contribution in [0.15, 0.2) is 48.5 Å². The van der Waals surface area contributed by atoms with Gasteiger partial charge < -0.3 is 9.64 Å². The van der Waals surface area contributed by atoms with Gasteiger partial charge in [0.05, 0.1) is 18.5 Å². The number of carbonyl (C=O) groups is 1. The fourth-order valence-corrected chi connectivity index (χ4v) is 3.36. The van der Waals surface area contributed by atoms with Crippen LogP contribution in [0.4, 0.5) is 0 Å². The second kappa shape index (κ2) is 8.30. The minimum absolute atomic E-state index is 0.0216. The normalized spacial score (nSPS) is 10.8. The number of benzene rings is 2. The van der Waals surface area contributed by atoms with E-state index in [1.54, 1.807) is 11.8 Å². The molecule has 3 rings (SSSR count). The third-order valence-corrected chi connectivity index (χ3v) is 4.93. The zero-order valence-corrected chi connectivity index (χ0v) is 17.2. The number of amides is 1. The molecule has 2 aromatic carbocycles. The maximum Gasteiger partial charge on any atom is 0.272 e. The van der Waals surface area contributed by atoms with Gasteiger partial charge in [-0.15, -0.1) is 0 Å². The zero-order valence-electron chi connectivity index (χ0n) is 17.2. The van der Waals surface area contributed by atoms with E-state index in [-0.39, 0.29) is 5.91 Å². The van der Waals surface area contributed by atoms with Crippen molar-refractivity contribution in [3.8, 4) is 22.7 Å². The Hall–Kier alpha value is -3.08. The summed E-state index contributed by atoms with van der Waals surface area (Å²) in [5.74, 6) is 0.738. The van der Waals surface area contributed by atoms with Crippen molar-refractivity contribution >= 4 is 5.91 Å². The number of aromatic nitrogens is 2. The molecule has 1 aromatic heterocycles. The van der Waals surface area contributed by atoms with Crippen molar-refractivity contribution in [3.05, 3.63) is 65.4 Å². The number of hydrogen-bond donors (Lipinski definition) is 0. The van der Waals surface area contributed by atoms with Crippen molar-refractivity contribution in [1.82, 2.24) is 14.7 Å². The van der Waals surface area contributed by atoms with Crippen molar-refractivity contribution in [2.75, 3.05) is 20.2 Å². The topological polar surface area (TPSA) is 47.4 Å². The minimum atomic E-state index is -0.0216. The predicted molar refractivity (Wildman–Crippen MR) is 112 cm³/mol. The fourth-order valence-electron chi connectivity index (χ4n) is 3.36. The van der Waals surface area contributed by atoms with E-state index in [0.29, 0.717) is 18.8 Å². The number of nitrogens with zero attached hydrogens (tertiary/aromatic N) is 3. The summed E-state index contributed by atoms with van der Waals surface area (Å²) in [6.07, 6.45) is 0. The number of ether oxygens (including phenoxy) is 1. The Bertz CT molecular complexity index is 987. The van der Waals surface area contributed by atoms with Gasteiger partial charge in [-0.05, 0) is 57.5 Å². The summed E-state index contributed by atoms with van der Waals surface area (Å²) >= 11 is 0. The van der Waals surface area contributed by atoms with Gasteiger partial charge in [0.2, 0.25) is 0 Å². The molecule has 0 aliphatic carbocycles. The first-order chi connectivity index (χ1) is 13.5. The van der Waals surface area contributed by atoms with Gasteiger partial charge in [0.15, 0.2) is 0 Å². The second-order valence-electron chi connectivity index (χ2n) is 6.83. The summed E-state index contributed by atoms with van der Waals surface area (Å²) in [6, 6.07) is 15.8. The monoisotopic (exact) mass is 377 g/mol. The van der Waals surface area contributed by atoms with E-state index in [1.165, 1.54) is 5.56 Å². The van der Waals surface area contributed by atoms with Crippen LogP contribution >= 0.6 is 0 Å². The van der Waals surface area contributed by atoms with E-state index in [4.69, 9.17) is 9.84 Å². The van der Waals surface area contributed by atoms with E-state index in [9.17, 15) is 4.79 Å². The average Bonchev–Trinajstić information content (AvgIpc) is 3.14. The molecule has 0 unspecified atom stereocenters. The molecule has 0 radical (unpaired) electrons. The molecule has 0 aliphatic heterocycles. The molecule has 28 heavy (non-hydrogen) atoms. The van der Waals surface area contributed by atoms with Crippen molar-refractivity contribution < 1.29 is 9.53 Å². The minimum Gasteiger partial charge on any atom is -0.497 e. The predicted octanol–water partition coefficient (Wildman–Crippen LogP) is 4.65. The SMILES string of the molecule is CCN(CC)C(=O)c1cc(-c2cccc(OC)c2)nn1-c1ccc(C)cc1C. The molecule has 146 valence electrons. The highest BCUT2D eigenvalue weighted by Gasteiger charge is 2.22. The number of rotatable bonds is 6. The van der Waals surface area contributed by atoms with Crippen LogP contribution < -0.4 is 4.74 Å². The van der Waals surface area contributed by atoms with Crippen molar-refractivity contribution in [1.29, 1.82) is 0 Å². The lowest BCUT2D eigenvalue weighted by atomic mass is 10.1. The van der Waals surface area contributed by atoms with Crippen LogP contribution in [-0.2, 0) is 0 Å². The first kappa shape index (κ1) is 19.7. The molecule has 0 bridgehead atoms. The maximum atomic E-state index is 13.2. The molecule has 1 amide bonds. The van der Waals surface area contributed by atoms with Gasteiger partial charge in [0.25, 0.3) is 5.91 Å². The van der Waals surface area contributed by atoms with Crippen molar-refractivity contribution in [2.45, 2.75) is 27.7 Å². The summed E-state index contributed by atoms with van der Waals surface area (Å²) in [7, 11) is 1.64. The summed E-state index contributed by atoms with van der Waals surface area (Å²) in [6.45, 7) is 9.39. The highest BCUT2D eigenvalue weighted by Crippen LogP contribution is 2.27. The standard InChI is InChI=1S/C23H27N3O2/c1-6-25(7-2)23(27)22-15-20(18-9-8-10-19(14-18)28-5)24-26(22)21-12-11-16(3)13-17(21)4/h8-15H,6-7H2,1-5H3. The first-order valence-electron chi connectivity index (χ1n) is 9.59. The van der Waals surface area contributed by atoms with E-state index in [2.05, 4.69) is 13.0 Å². The maximum absolute atomic E-state index is 13.2. The molecule has 3 aromatic rings. The van der Waals surface area contributed by atoms with Gasteiger partial charge in [-0.2, -0.15) is 5.10 Å². The molecule has 1 heterocycles. The molecule has 0 atom stereocenters. The van der Waals surface area contributed by atoms with Crippen molar-refractivity contribution in [2.24, 2.45) is 0 Å². The van der Waals surface area contributed by atoms with Crippen LogP contribution in [0, 0.1) is 13.8 Å². The molecule has 0 N–H and O–H groups in total. The Kier molecular flexibility index (Phi) is 5.83. The molecule has 0 aliphatic rings. The summed E-state index contributed by atoms with van der Waals surface area (Å²) < 4.78 is 7.11. The quantitative estimate of drug-likeness (QED) is 0.628. The zero-order chi connectivity index (χ0) is 20.3. The van der Waals surface area contributed by atoms with Crippen LogP contribution in [0.1, 0.15) is 35.5 Å². The van der Waals surface area contributed by atoms with E-state index < -0.39 is 0 Å². The Labute approximate surface area is 166 Å². The summed E-state index contributed by atoms with van der Waals surface area (Å²) in [5.41, 5.74) is 5.39. The number of carbonyl (C=O) groups excluding carboxylic acids is 1. The average molecular weight is 377 g/mol. The molecule has 0 saturated heterocycles. The Morgan fingerprint density at radius 1 is 1.07 bits per heavy atom. The molecule has 0 saturated carbocycles. The van der Waals surface area contributed by atoms with Crippen LogP contribution in [-0.4, -0.2) is 40.8 Å². The highest BCUT2D eigenvalue weighted by molar-refractivity contribution is 5.94. The van der Waals surface area contributed by atoms with E-state index in [0.717, 1.165) is 28.3 Å². The number of hydrogen-bond acceptors (Lipinski definition) is 3. The van der Waals surface area contributed by atoms with E-state index in [1.807, 2.05) is 68.1 Å². The van der Waals surface area contributed by atoms with E-state index >= 15 is 0 Å². The smallest absolute Gasteiger partial charge is 0.272 e. The second-order valence-corrected chi connectivity index (χ2v) is 6.83. The molecule has 0 fully saturated rings. The molecule has 0 spiro atoms. The van der Waals surface area contributed by atoms with Gasteiger partial charge in [-0.3, -0.25) is 4.79 Å². The molecular formula is C23H27N3O2. The largest absolute Gasteiger partial charge is 0.497 e. The number of methoxy groups -OCH3 is 1. The molecular weight excluding hydrogens is 350 g/mol. The third-order valence-electron chi connectivity index (χ3n) is 4.93. The first-order valence-corrected chi connectivity index (χ1v) is 9.59. The van der Waals surface area contributed by atoms with Gasteiger partial charge >= 0.3 is 0 Å². The fraction of sp³-hybridized carbons (Fsp3) is 0.304. The lowest BCUT2D eigenvalue weighted by Crippen LogP contribution is -2.32. The Balaban J connectivity index is 2.18. The number of aryl methyl sites for hydroxylation is 2. The van der Waals surface area contributed by atoms with Crippen LogP contribution in [0.5, 0.6) is 5.75 Å². The Morgan fingerprint density at radius 2 is 1.82 bits per heavy atom. The highest BCUT2D eigenvalue weighted by atomic mass is 16.5. The van der Waals surface area contributed by atoms with Gasteiger partial charge in [0.1, 0.15) is 11.4 Å². The van der Waals surface area contributed by atoms with Crippen LogP contribution in [0.3, 0.4) is 0 Å². The van der Waals surface area contributed by atoms with Gasteiger partial charge in [-0.1, -0.05) is 29.8 Å². The van der Waals surface area contributed by atoms with Crippen LogP contribution in [0.2, 0.25) is 0 Å².